The molecule has 19 heavy (non-hydrogen) atoms. The Labute approximate surface area is 119 Å². The van der Waals surface area contributed by atoms with Crippen LogP contribution in [0.25, 0.3) is 0 Å². The molecule has 1 saturated carbocycles. The molecule has 1 heterocycles. The molecule has 5 unspecified atom stereocenters. The van der Waals surface area contributed by atoms with Crippen LogP contribution in [0.1, 0.15) is 47.0 Å². The lowest BCUT2D eigenvalue weighted by Crippen LogP contribution is -2.61. The van der Waals surface area contributed by atoms with Gasteiger partial charge in [-0.1, -0.05) is 20.8 Å². The van der Waals surface area contributed by atoms with E-state index in [0.717, 1.165) is 38.1 Å². The van der Waals surface area contributed by atoms with Gasteiger partial charge in [0.2, 0.25) is 0 Å². The normalized spacial score (nSPS) is 41.4. The predicted octanol–water partition coefficient (Wildman–Crippen LogP) is 2.51. The molecule has 1 aliphatic heterocycles. The molecule has 0 amide bonds. The van der Waals surface area contributed by atoms with Crippen molar-refractivity contribution in [1.29, 1.82) is 0 Å². The van der Waals surface area contributed by atoms with Gasteiger partial charge in [-0.05, 0) is 44.6 Å². The Morgan fingerprint density at radius 1 is 1.21 bits per heavy atom. The smallest absolute Gasteiger partial charge is 0.0619 e. The fourth-order valence-electron chi connectivity index (χ4n) is 4.11. The van der Waals surface area contributed by atoms with E-state index in [1.165, 1.54) is 19.3 Å². The average Bonchev–Trinajstić information content (AvgIpc) is 2.37. The van der Waals surface area contributed by atoms with Crippen LogP contribution >= 0.6 is 0 Å². The van der Waals surface area contributed by atoms with E-state index in [-0.39, 0.29) is 0 Å². The van der Waals surface area contributed by atoms with Gasteiger partial charge in [-0.25, -0.2) is 0 Å². The highest BCUT2D eigenvalue weighted by Gasteiger charge is 2.39. The van der Waals surface area contributed by atoms with Crippen molar-refractivity contribution in [3.63, 3.8) is 0 Å². The molecule has 0 aromatic heterocycles. The summed E-state index contributed by atoms with van der Waals surface area (Å²) in [4.78, 5) is 2.72. The molecule has 1 N–H and O–H groups in total. The highest BCUT2D eigenvalue weighted by Crippen LogP contribution is 2.33. The van der Waals surface area contributed by atoms with E-state index in [1.807, 2.05) is 0 Å². The summed E-state index contributed by atoms with van der Waals surface area (Å²) in [6.45, 7) is 13.5. The Morgan fingerprint density at radius 2 is 2.00 bits per heavy atom. The summed E-state index contributed by atoms with van der Waals surface area (Å²) in [7, 11) is 0. The van der Waals surface area contributed by atoms with Gasteiger partial charge in [0.15, 0.2) is 0 Å². The summed E-state index contributed by atoms with van der Waals surface area (Å²) < 4.78 is 5.61. The van der Waals surface area contributed by atoms with Gasteiger partial charge >= 0.3 is 0 Å². The Hall–Kier alpha value is -0.120. The molecule has 0 radical (unpaired) electrons. The molecule has 2 fully saturated rings. The monoisotopic (exact) mass is 268 g/mol. The Bertz CT molecular complexity index is 271. The van der Waals surface area contributed by atoms with Crippen LogP contribution in [0, 0.1) is 11.8 Å². The van der Waals surface area contributed by atoms with Crippen LogP contribution in [0.5, 0.6) is 0 Å². The molecule has 0 bridgehead atoms. The lowest BCUT2D eigenvalue weighted by molar-refractivity contribution is -0.0545. The van der Waals surface area contributed by atoms with Crippen molar-refractivity contribution in [2.75, 3.05) is 26.3 Å². The van der Waals surface area contributed by atoms with Crippen molar-refractivity contribution >= 4 is 0 Å². The van der Waals surface area contributed by atoms with Gasteiger partial charge in [0.25, 0.3) is 0 Å². The second kappa shape index (κ2) is 7.05. The maximum Gasteiger partial charge on any atom is 0.0619 e. The molecule has 112 valence electrons. The summed E-state index contributed by atoms with van der Waals surface area (Å²) in [5.41, 5.74) is 0. The van der Waals surface area contributed by atoms with Crippen molar-refractivity contribution in [3.05, 3.63) is 0 Å². The van der Waals surface area contributed by atoms with E-state index in [4.69, 9.17) is 4.74 Å². The Kier molecular flexibility index (Phi) is 5.67. The van der Waals surface area contributed by atoms with E-state index in [1.54, 1.807) is 0 Å². The van der Waals surface area contributed by atoms with Crippen LogP contribution < -0.4 is 5.32 Å². The molecular formula is C16H32N2O. The number of nitrogens with one attached hydrogen (secondary N) is 1. The summed E-state index contributed by atoms with van der Waals surface area (Å²) in [5.74, 6) is 1.65. The second-order valence-electron chi connectivity index (χ2n) is 6.77. The summed E-state index contributed by atoms with van der Waals surface area (Å²) >= 11 is 0. The maximum atomic E-state index is 5.61. The molecule has 1 aliphatic carbocycles. The number of ether oxygens (including phenoxy) is 1. The van der Waals surface area contributed by atoms with Crippen LogP contribution in [0.15, 0.2) is 0 Å². The van der Waals surface area contributed by atoms with Gasteiger partial charge in [0.05, 0.1) is 13.2 Å². The van der Waals surface area contributed by atoms with E-state index < -0.39 is 0 Å². The van der Waals surface area contributed by atoms with Crippen LogP contribution in [0.3, 0.4) is 0 Å². The van der Waals surface area contributed by atoms with Crippen molar-refractivity contribution < 1.29 is 4.74 Å². The van der Waals surface area contributed by atoms with Crippen LogP contribution in [0.4, 0.5) is 0 Å². The molecule has 2 rings (SSSR count). The van der Waals surface area contributed by atoms with E-state index >= 15 is 0 Å². The fourth-order valence-corrected chi connectivity index (χ4v) is 4.11. The van der Waals surface area contributed by atoms with Gasteiger partial charge in [0, 0.05) is 24.7 Å². The third-order valence-electron chi connectivity index (χ3n) is 4.88. The molecular weight excluding hydrogens is 236 g/mol. The summed E-state index contributed by atoms with van der Waals surface area (Å²) in [6, 6.07) is 1.93. The minimum Gasteiger partial charge on any atom is -0.379 e. The van der Waals surface area contributed by atoms with Gasteiger partial charge in [-0.2, -0.15) is 0 Å². The molecule has 0 aromatic carbocycles. The third-order valence-corrected chi connectivity index (χ3v) is 4.88. The Balaban J connectivity index is 2.07. The first-order valence-electron chi connectivity index (χ1n) is 8.20. The fraction of sp³-hybridized carbons (Fsp3) is 1.00. The molecule has 1 saturated heterocycles. The van der Waals surface area contributed by atoms with Crippen LogP contribution in [0.2, 0.25) is 0 Å². The maximum absolute atomic E-state index is 5.61. The number of morpholine rings is 1. The lowest BCUT2D eigenvalue weighted by atomic mass is 9.75. The van der Waals surface area contributed by atoms with Crippen LogP contribution in [-0.4, -0.2) is 49.3 Å². The quantitative estimate of drug-likeness (QED) is 0.848. The number of hydrogen-bond donors (Lipinski definition) is 1. The topological polar surface area (TPSA) is 24.5 Å². The SMILES string of the molecule is CCCNC1CC(C)CC(C)C1N1CCOCC1C. The average molecular weight is 268 g/mol. The van der Waals surface area contributed by atoms with Crippen molar-refractivity contribution in [3.8, 4) is 0 Å². The molecule has 0 aromatic rings. The first-order valence-corrected chi connectivity index (χ1v) is 8.20. The van der Waals surface area contributed by atoms with Crippen LogP contribution in [-0.2, 0) is 4.74 Å². The highest BCUT2D eigenvalue weighted by molar-refractivity contribution is 4.96. The molecule has 2 aliphatic rings. The van der Waals surface area contributed by atoms with E-state index in [9.17, 15) is 0 Å². The zero-order valence-corrected chi connectivity index (χ0v) is 13.2. The zero-order valence-electron chi connectivity index (χ0n) is 13.2. The standard InChI is InChI=1S/C16H32N2O/c1-5-6-17-15-10-12(2)9-13(3)16(15)18-7-8-19-11-14(18)4/h12-17H,5-11H2,1-4H3. The van der Waals surface area contributed by atoms with Crippen molar-refractivity contribution in [2.45, 2.75) is 65.1 Å². The zero-order chi connectivity index (χ0) is 13.8. The lowest BCUT2D eigenvalue weighted by Gasteiger charge is -2.49. The molecule has 5 atom stereocenters. The van der Waals surface area contributed by atoms with E-state index in [2.05, 4.69) is 37.9 Å². The third kappa shape index (κ3) is 3.71. The minimum atomic E-state index is 0.570. The molecule has 3 heteroatoms. The minimum absolute atomic E-state index is 0.570. The largest absolute Gasteiger partial charge is 0.379 e. The molecule has 3 nitrogen and oxygen atoms in total. The van der Waals surface area contributed by atoms with Gasteiger partial charge in [0.1, 0.15) is 0 Å². The Morgan fingerprint density at radius 3 is 2.68 bits per heavy atom. The first kappa shape index (κ1) is 15.3. The second-order valence-corrected chi connectivity index (χ2v) is 6.77. The summed E-state index contributed by atoms with van der Waals surface area (Å²) in [6.07, 6.45) is 3.93. The molecule has 0 spiro atoms. The predicted molar refractivity (Wildman–Crippen MR) is 80.4 cm³/mol. The number of rotatable bonds is 4. The van der Waals surface area contributed by atoms with E-state index in [0.29, 0.717) is 18.1 Å². The van der Waals surface area contributed by atoms with Gasteiger partial charge in [-0.3, -0.25) is 4.90 Å². The van der Waals surface area contributed by atoms with Gasteiger partial charge < -0.3 is 10.1 Å². The number of nitrogens with zero attached hydrogens (tertiary/aromatic N) is 1. The summed E-state index contributed by atoms with van der Waals surface area (Å²) in [5, 5.41) is 3.82. The first-order chi connectivity index (χ1) is 9.13. The van der Waals surface area contributed by atoms with Crippen molar-refractivity contribution in [1.82, 2.24) is 10.2 Å². The highest BCUT2D eigenvalue weighted by atomic mass is 16.5. The van der Waals surface area contributed by atoms with Crippen molar-refractivity contribution in [2.24, 2.45) is 11.8 Å². The van der Waals surface area contributed by atoms with Gasteiger partial charge in [-0.15, -0.1) is 0 Å². The number of hydrogen-bond acceptors (Lipinski definition) is 3.